The second-order valence-electron chi connectivity index (χ2n) is 6.45. The molecule has 1 aromatic heterocycles. The van der Waals surface area contributed by atoms with E-state index in [4.69, 9.17) is 16.1 Å². The van der Waals surface area contributed by atoms with Crippen molar-refractivity contribution < 1.29 is 24.0 Å². The molecule has 0 bridgehead atoms. The number of methoxy groups -OCH3 is 1. The first-order valence-electron chi connectivity index (χ1n) is 8.74. The summed E-state index contributed by atoms with van der Waals surface area (Å²) >= 11 is 5.98. The highest BCUT2D eigenvalue weighted by atomic mass is 35.5. The smallest absolute Gasteiger partial charge is 0.325 e. The van der Waals surface area contributed by atoms with E-state index in [1.54, 1.807) is 0 Å². The van der Waals surface area contributed by atoms with Gasteiger partial charge in [0.1, 0.15) is 18.0 Å². The van der Waals surface area contributed by atoms with E-state index in [2.05, 4.69) is 9.89 Å². The summed E-state index contributed by atoms with van der Waals surface area (Å²) in [6.45, 7) is 1.57. The number of hydrogen-bond donors (Lipinski definition) is 1. The van der Waals surface area contributed by atoms with Crippen LogP contribution in [0.25, 0.3) is 11.3 Å². The SMILES string of the molecule is COC(=O)CN(Cc1cc(Cl)ccc1O)C(=O)c1cc(-c2ccc(C)cc2)no1. The molecule has 0 fully saturated rings. The van der Waals surface area contributed by atoms with Crippen LogP contribution in [-0.4, -0.2) is 40.7 Å². The van der Waals surface area contributed by atoms with Crippen molar-refractivity contribution in [1.29, 1.82) is 0 Å². The van der Waals surface area contributed by atoms with Gasteiger partial charge in [-0.05, 0) is 25.1 Å². The standard InChI is InChI=1S/C21H19ClN2O5/c1-13-3-5-14(6-4-13)17-10-19(29-23-17)21(27)24(12-20(26)28-2)11-15-9-16(22)7-8-18(15)25/h3-10,25H,11-12H2,1-2H3. The quantitative estimate of drug-likeness (QED) is 0.616. The third-order valence-electron chi connectivity index (χ3n) is 4.31. The number of carbonyl (C=O) groups is 2. The highest BCUT2D eigenvalue weighted by Crippen LogP contribution is 2.25. The van der Waals surface area contributed by atoms with Gasteiger partial charge in [-0.25, -0.2) is 0 Å². The van der Waals surface area contributed by atoms with Gasteiger partial charge in [-0.3, -0.25) is 9.59 Å². The molecule has 3 aromatic rings. The molecule has 0 saturated carbocycles. The number of esters is 1. The second kappa shape index (κ2) is 8.79. The van der Waals surface area contributed by atoms with E-state index in [0.29, 0.717) is 16.3 Å². The van der Waals surface area contributed by atoms with Gasteiger partial charge in [-0.2, -0.15) is 0 Å². The van der Waals surface area contributed by atoms with E-state index < -0.39 is 11.9 Å². The summed E-state index contributed by atoms with van der Waals surface area (Å²) in [5.74, 6) is -1.26. The van der Waals surface area contributed by atoms with Crippen molar-refractivity contribution in [2.75, 3.05) is 13.7 Å². The fraction of sp³-hybridized carbons (Fsp3) is 0.190. The number of nitrogens with zero attached hydrogens (tertiary/aromatic N) is 2. The van der Waals surface area contributed by atoms with Crippen LogP contribution in [0.2, 0.25) is 5.02 Å². The lowest BCUT2D eigenvalue weighted by molar-refractivity contribution is -0.141. The Balaban J connectivity index is 1.87. The molecular formula is C21H19ClN2O5. The summed E-state index contributed by atoms with van der Waals surface area (Å²) in [5.41, 5.74) is 2.77. The molecule has 0 aliphatic carbocycles. The molecule has 1 heterocycles. The molecule has 0 atom stereocenters. The number of carbonyl (C=O) groups excluding carboxylic acids is 2. The maximum absolute atomic E-state index is 13.0. The van der Waals surface area contributed by atoms with Crippen molar-refractivity contribution >= 4 is 23.5 Å². The molecule has 150 valence electrons. The maximum atomic E-state index is 13.0. The monoisotopic (exact) mass is 414 g/mol. The molecule has 1 amide bonds. The van der Waals surface area contributed by atoms with Gasteiger partial charge in [-0.1, -0.05) is 46.6 Å². The van der Waals surface area contributed by atoms with Crippen molar-refractivity contribution in [3.8, 4) is 17.0 Å². The van der Waals surface area contributed by atoms with Gasteiger partial charge in [0.2, 0.25) is 5.76 Å². The number of aryl methyl sites for hydroxylation is 1. The van der Waals surface area contributed by atoms with Crippen LogP contribution in [0.5, 0.6) is 5.75 Å². The van der Waals surface area contributed by atoms with Crippen molar-refractivity contribution in [1.82, 2.24) is 10.1 Å². The fourth-order valence-corrected chi connectivity index (χ4v) is 2.89. The average molecular weight is 415 g/mol. The van der Waals surface area contributed by atoms with E-state index in [1.807, 2.05) is 31.2 Å². The molecule has 7 nitrogen and oxygen atoms in total. The lowest BCUT2D eigenvalue weighted by atomic mass is 10.1. The van der Waals surface area contributed by atoms with E-state index in [1.165, 1.54) is 36.3 Å². The average Bonchev–Trinajstić information content (AvgIpc) is 3.20. The van der Waals surface area contributed by atoms with E-state index in [-0.39, 0.29) is 24.6 Å². The zero-order chi connectivity index (χ0) is 21.0. The van der Waals surface area contributed by atoms with Gasteiger partial charge in [0.15, 0.2) is 0 Å². The van der Waals surface area contributed by atoms with Crippen molar-refractivity contribution in [3.63, 3.8) is 0 Å². The zero-order valence-corrected chi connectivity index (χ0v) is 16.6. The number of rotatable bonds is 6. The summed E-state index contributed by atoms with van der Waals surface area (Å²) < 4.78 is 9.89. The third kappa shape index (κ3) is 4.94. The number of amides is 1. The Labute approximate surface area is 172 Å². The molecule has 0 radical (unpaired) electrons. The molecule has 0 aliphatic rings. The first-order valence-corrected chi connectivity index (χ1v) is 9.12. The molecule has 8 heteroatoms. The molecule has 0 saturated heterocycles. The lowest BCUT2D eigenvalue weighted by Crippen LogP contribution is -2.35. The number of phenols is 1. The first-order chi connectivity index (χ1) is 13.9. The van der Waals surface area contributed by atoms with Crippen molar-refractivity contribution in [2.24, 2.45) is 0 Å². The summed E-state index contributed by atoms with van der Waals surface area (Å²) in [7, 11) is 1.23. The Morgan fingerprint density at radius 2 is 1.90 bits per heavy atom. The van der Waals surface area contributed by atoms with Crippen LogP contribution in [0.15, 0.2) is 53.1 Å². The molecule has 1 N–H and O–H groups in total. The van der Waals surface area contributed by atoms with Gasteiger partial charge in [-0.15, -0.1) is 0 Å². The van der Waals surface area contributed by atoms with Crippen LogP contribution in [0.1, 0.15) is 21.7 Å². The van der Waals surface area contributed by atoms with Crippen LogP contribution in [0.3, 0.4) is 0 Å². The van der Waals surface area contributed by atoms with Gasteiger partial charge < -0.3 is 19.3 Å². The molecular weight excluding hydrogens is 396 g/mol. The number of phenolic OH excluding ortho intramolecular Hbond substituents is 1. The molecule has 3 rings (SSSR count). The number of aromatic nitrogens is 1. The van der Waals surface area contributed by atoms with Crippen LogP contribution in [0, 0.1) is 6.92 Å². The Hall–Kier alpha value is -3.32. The van der Waals surface area contributed by atoms with Gasteiger partial charge in [0.05, 0.1) is 13.7 Å². The largest absolute Gasteiger partial charge is 0.508 e. The summed E-state index contributed by atoms with van der Waals surface area (Å²) in [6, 6.07) is 13.6. The zero-order valence-electron chi connectivity index (χ0n) is 15.9. The Kier molecular flexibility index (Phi) is 6.19. The van der Waals surface area contributed by atoms with Crippen LogP contribution >= 0.6 is 11.6 Å². The molecule has 29 heavy (non-hydrogen) atoms. The molecule has 2 aromatic carbocycles. The molecule has 0 aliphatic heterocycles. The number of aromatic hydroxyl groups is 1. The maximum Gasteiger partial charge on any atom is 0.325 e. The number of hydrogen-bond acceptors (Lipinski definition) is 6. The van der Waals surface area contributed by atoms with Gasteiger partial charge in [0.25, 0.3) is 5.91 Å². The topological polar surface area (TPSA) is 92.9 Å². The predicted molar refractivity (Wildman–Crippen MR) is 107 cm³/mol. The minimum atomic E-state index is -0.613. The number of benzene rings is 2. The van der Waals surface area contributed by atoms with Crippen LogP contribution in [-0.2, 0) is 16.1 Å². The van der Waals surface area contributed by atoms with E-state index in [0.717, 1.165) is 11.1 Å². The minimum absolute atomic E-state index is 0.0361. The Morgan fingerprint density at radius 1 is 1.17 bits per heavy atom. The third-order valence-corrected chi connectivity index (χ3v) is 4.54. The minimum Gasteiger partial charge on any atom is -0.508 e. The summed E-state index contributed by atoms with van der Waals surface area (Å²) in [4.78, 5) is 26.0. The van der Waals surface area contributed by atoms with Crippen LogP contribution < -0.4 is 0 Å². The Morgan fingerprint density at radius 3 is 2.59 bits per heavy atom. The second-order valence-corrected chi connectivity index (χ2v) is 6.89. The highest BCUT2D eigenvalue weighted by molar-refractivity contribution is 6.30. The van der Waals surface area contributed by atoms with Gasteiger partial charge >= 0.3 is 5.97 Å². The fourth-order valence-electron chi connectivity index (χ4n) is 2.70. The normalized spacial score (nSPS) is 10.6. The van der Waals surface area contributed by atoms with E-state index >= 15 is 0 Å². The summed E-state index contributed by atoms with van der Waals surface area (Å²) in [5, 5.41) is 14.4. The number of halogens is 1. The molecule has 0 unspecified atom stereocenters. The number of ether oxygens (including phenoxy) is 1. The predicted octanol–water partition coefficient (Wildman–Crippen LogP) is 3.82. The van der Waals surface area contributed by atoms with E-state index in [9.17, 15) is 14.7 Å². The highest BCUT2D eigenvalue weighted by Gasteiger charge is 2.25. The van der Waals surface area contributed by atoms with Crippen molar-refractivity contribution in [2.45, 2.75) is 13.5 Å². The Bertz CT molecular complexity index is 1030. The van der Waals surface area contributed by atoms with Crippen LogP contribution in [0.4, 0.5) is 0 Å². The molecule has 0 spiro atoms. The first kappa shape index (κ1) is 20.4. The van der Waals surface area contributed by atoms with Gasteiger partial charge in [0, 0.05) is 22.2 Å². The van der Waals surface area contributed by atoms with Crippen molar-refractivity contribution in [3.05, 3.63) is 70.4 Å². The lowest BCUT2D eigenvalue weighted by Gasteiger charge is -2.20. The summed E-state index contributed by atoms with van der Waals surface area (Å²) in [6.07, 6.45) is 0.